The topological polar surface area (TPSA) is 33.7 Å². The van der Waals surface area contributed by atoms with Crippen LogP contribution in [-0.2, 0) is 6.54 Å². The van der Waals surface area contributed by atoms with E-state index >= 15 is 0 Å². The number of halogens is 1. The Morgan fingerprint density at radius 3 is 2.76 bits per heavy atom. The molecular weight excluding hydrogens is 223 g/mol. The largest absolute Gasteiger partial charge is 0.453 e. The summed E-state index contributed by atoms with van der Waals surface area (Å²) < 4.78 is 23.9. The lowest BCUT2D eigenvalue weighted by molar-refractivity contribution is 0.168. The molecule has 1 fully saturated rings. The van der Waals surface area contributed by atoms with Gasteiger partial charge in [-0.15, -0.1) is 0 Å². The van der Waals surface area contributed by atoms with E-state index in [9.17, 15) is 4.39 Å². The zero-order valence-corrected chi connectivity index (χ0v) is 9.54. The summed E-state index contributed by atoms with van der Waals surface area (Å²) in [5, 5.41) is 3.30. The van der Waals surface area contributed by atoms with Gasteiger partial charge in [0, 0.05) is 38.3 Å². The van der Waals surface area contributed by atoms with Crippen LogP contribution in [0.15, 0.2) is 12.1 Å². The Labute approximate surface area is 99.3 Å². The average Bonchev–Trinajstić information content (AvgIpc) is 2.84. The van der Waals surface area contributed by atoms with Gasteiger partial charge in [0.25, 0.3) is 0 Å². The van der Waals surface area contributed by atoms with E-state index in [2.05, 4.69) is 10.2 Å². The Morgan fingerprint density at radius 2 is 1.94 bits per heavy atom. The van der Waals surface area contributed by atoms with Crippen molar-refractivity contribution in [1.82, 2.24) is 10.2 Å². The molecule has 2 aliphatic heterocycles. The highest BCUT2D eigenvalue weighted by molar-refractivity contribution is 5.49. The van der Waals surface area contributed by atoms with Crippen molar-refractivity contribution >= 4 is 0 Å². The number of ether oxygens (including phenoxy) is 2. The molecule has 0 aliphatic carbocycles. The summed E-state index contributed by atoms with van der Waals surface area (Å²) in [6.07, 6.45) is 0. The summed E-state index contributed by atoms with van der Waals surface area (Å²) in [5.41, 5.74) is 1.00. The van der Waals surface area contributed by atoms with Gasteiger partial charge >= 0.3 is 0 Å². The molecule has 4 nitrogen and oxygen atoms in total. The van der Waals surface area contributed by atoms with E-state index in [0.29, 0.717) is 5.75 Å². The summed E-state index contributed by atoms with van der Waals surface area (Å²) in [4.78, 5) is 2.33. The van der Waals surface area contributed by atoms with Crippen LogP contribution in [0.4, 0.5) is 4.39 Å². The van der Waals surface area contributed by atoms with E-state index in [0.717, 1.165) is 38.3 Å². The molecule has 0 spiro atoms. The molecule has 0 atom stereocenters. The second kappa shape index (κ2) is 4.50. The first-order valence-electron chi connectivity index (χ1n) is 5.84. The smallest absolute Gasteiger partial charge is 0.231 e. The fourth-order valence-electron chi connectivity index (χ4n) is 2.25. The first-order chi connectivity index (χ1) is 8.34. The lowest BCUT2D eigenvalue weighted by Gasteiger charge is -2.27. The third kappa shape index (κ3) is 2.08. The minimum Gasteiger partial charge on any atom is -0.453 e. The first-order valence-corrected chi connectivity index (χ1v) is 5.84. The molecule has 5 heteroatoms. The normalized spacial score (nSPS) is 19.6. The predicted molar refractivity (Wildman–Crippen MR) is 60.7 cm³/mol. The van der Waals surface area contributed by atoms with Gasteiger partial charge in [-0.1, -0.05) is 6.07 Å². The minimum atomic E-state index is -0.346. The maximum Gasteiger partial charge on any atom is 0.231 e. The molecule has 0 aromatic heterocycles. The fraction of sp³-hybridized carbons (Fsp3) is 0.500. The van der Waals surface area contributed by atoms with Gasteiger partial charge < -0.3 is 14.8 Å². The van der Waals surface area contributed by atoms with E-state index < -0.39 is 0 Å². The van der Waals surface area contributed by atoms with Gasteiger partial charge in [0.1, 0.15) is 0 Å². The maximum absolute atomic E-state index is 13.4. The van der Waals surface area contributed by atoms with Crippen LogP contribution < -0.4 is 14.8 Å². The summed E-state index contributed by atoms with van der Waals surface area (Å²) >= 11 is 0. The van der Waals surface area contributed by atoms with Gasteiger partial charge in [-0.3, -0.25) is 4.90 Å². The lowest BCUT2D eigenvalue weighted by atomic mass is 10.1. The predicted octanol–water partition coefficient (Wildman–Crippen LogP) is 0.960. The maximum atomic E-state index is 13.4. The Bertz CT molecular complexity index is 419. The molecule has 1 N–H and O–H groups in total. The van der Waals surface area contributed by atoms with Crippen molar-refractivity contribution in [1.29, 1.82) is 0 Å². The van der Waals surface area contributed by atoms with Gasteiger partial charge in [-0.25, -0.2) is 4.39 Å². The molecule has 0 unspecified atom stereocenters. The van der Waals surface area contributed by atoms with Crippen LogP contribution >= 0.6 is 0 Å². The van der Waals surface area contributed by atoms with E-state index in [1.165, 1.54) is 6.07 Å². The zero-order chi connectivity index (χ0) is 11.7. The first kappa shape index (κ1) is 10.8. The minimum absolute atomic E-state index is 0.116. The SMILES string of the molecule is Fc1ccc(CN2CCNCC2)c2c1OCO2. The van der Waals surface area contributed by atoms with Crippen LogP contribution in [0.2, 0.25) is 0 Å². The molecule has 92 valence electrons. The Kier molecular flexibility index (Phi) is 2.86. The van der Waals surface area contributed by atoms with Crippen LogP contribution in [0.25, 0.3) is 0 Å². The van der Waals surface area contributed by atoms with Gasteiger partial charge in [-0.05, 0) is 6.07 Å². The number of piperazine rings is 1. The van der Waals surface area contributed by atoms with Gasteiger partial charge in [0.05, 0.1) is 0 Å². The number of fused-ring (bicyclic) bond motifs is 1. The summed E-state index contributed by atoms with van der Waals surface area (Å²) in [6.45, 7) is 4.92. The number of hydrogen-bond acceptors (Lipinski definition) is 4. The third-order valence-corrected chi connectivity index (χ3v) is 3.16. The second-order valence-corrected chi connectivity index (χ2v) is 4.30. The molecule has 17 heavy (non-hydrogen) atoms. The van der Waals surface area contributed by atoms with E-state index in [-0.39, 0.29) is 18.4 Å². The fourth-order valence-corrected chi connectivity index (χ4v) is 2.25. The molecule has 2 heterocycles. The summed E-state index contributed by atoms with van der Waals surface area (Å²) in [7, 11) is 0. The van der Waals surface area contributed by atoms with Gasteiger partial charge in [0.15, 0.2) is 11.6 Å². The zero-order valence-electron chi connectivity index (χ0n) is 9.54. The molecule has 1 aromatic carbocycles. The third-order valence-electron chi connectivity index (χ3n) is 3.16. The number of rotatable bonds is 2. The van der Waals surface area contributed by atoms with Crippen LogP contribution in [0, 0.1) is 5.82 Å². The molecule has 0 bridgehead atoms. The Morgan fingerprint density at radius 1 is 1.18 bits per heavy atom. The standard InChI is InChI=1S/C12H15FN2O2/c13-10-2-1-9(11-12(10)17-8-16-11)7-15-5-3-14-4-6-15/h1-2,14H,3-8H2. The van der Waals surface area contributed by atoms with Gasteiger partial charge in [0.2, 0.25) is 12.5 Å². The van der Waals surface area contributed by atoms with E-state index in [4.69, 9.17) is 9.47 Å². The lowest BCUT2D eigenvalue weighted by Crippen LogP contribution is -2.42. The molecule has 2 aliphatic rings. The van der Waals surface area contributed by atoms with E-state index in [1.807, 2.05) is 0 Å². The quantitative estimate of drug-likeness (QED) is 0.832. The van der Waals surface area contributed by atoms with Crippen molar-refractivity contribution in [3.63, 3.8) is 0 Å². The number of nitrogens with one attached hydrogen (secondary N) is 1. The van der Waals surface area contributed by atoms with Crippen molar-refractivity contribution in [3.8, 4) is 11.5 Å². The molecule has 0 radical (unpaired) electrons. The molecule has 3 rings (SSSR count). The number of nitrogens with zero attached hydrogens (tertiary/aromatic N) is 1. The van der Waals surface area contributed by atoms with Crippen LogP contribution in [0.3, 0.4) is 0 Å². The molecule has 1 saturated heterocycles. The molecule has 1 aromatic rings. The van der Waals surface area contributed by atoms with Crippen LogP contribution in [0.1, 0.15) is 5.56 Å². The molecular formula is C12H15FN2O2. The summed E-state index contributed by atoms with van der Waals surface area (Å²) in [6, 6.07) is 3.23. The van der Waals surface area contributed by atoms with Crippen molar-refractivity contribution < 1.29 is 13.9 Å². The average molecular weight is 238 g/mol. The second-order valence-electron chi connectivity index (χ2n) is 4.30. The van der Waals surface area contributed by atoms with Gasteiger partial charge in [-0.2, -0.15) is 0 Å². The van der Waals surface area contributed by atoms with Crippen molar-refractivity contribution in [2.45, 2.75) is 6.54 Å². The van der Waals surface area contributed by atoms with Crippen molar-refractivity contribution in [2.24, 2.45) is 0 Å². The number of benzene rings is 1. The highest BCUT2D eigenvalue weighted by atomic mass is 19.1. The van der Waals surface area contributed by atoms with Crippen molar-refractivity contribution in [3.05, 3.63) is 23.5 Å². The number of hydrogen-bond donors (Lipinski definition) is 1. The monoisotopic (exact) mass is 238 g/mol. The molecule has 0 saturated carbocycles. The Balaban J connectivity index is 1.81. The highest BCUT2D eigenvalue weighted by Crippen LogP contribution is 2.38. The Hall–Kier alpha value is -1.33. The van der Waals surface area contributed by atoms with Crippen LogP contribution in [-0.4, -0.2) is 37.9 Å². The summed E-state index contributed by atoms with van der Waals surface area (Å²) in [5.74, 6) is 0.489. The van der Waals surface area contributed by atoms with E-state index in [1.54, 1.807) is 6.07 Å². The molecule has 0 amide bonds. The van der Waals surface area contributed by atoms with Crippen LogP contribution in [0.5, 0.6) is 11.5 Å². The highest BCUT2D eigenvalue weighted by Gasteiger charge is 2.23. The van der Waals surface area contributed by atoms with Crippen molar-refractivity contribution in [2.75, 3.05) is 33.0 Å².